The Labute approximate surface area is 90.3 Å². The van der Waals surface area contributed by atoms with E-state index in [0.717, 1.165) is 12.2 Å². The molecule has 0 amide bonds. The van der Waals surface area contributed by atoms with Gasteiger partial charge in [-0.15, -0.1) is 11.6 Å². The molecule has 1 rings (SSSR count). The number of rotatable bonds is 4. The minimum atomic E-state index is 0.601. The lowest BCUT2D eigenvalue weighted by molar-refractivity contribution is 0.414. The third-order valence-corrected chi connectivity index (χ3v) is 2.45. The van der Waals surface area contributed by atoms with Gasteiger partial charge in [0.2, 0.25) is 0 Å². The van der Waals surface area contributed by atoms with E-state index in [1.165, 1.54) is 11.1 Å². The second-order valence-corrected chi connectivity index (χ2v) is 3.51. The first-order valence-corrected chi connectivity index (χ1v) is 5.14. The highest BCUT2D eigenvalue weighted by atomic mass is 35.5. The molecule has 1 aromatic carbocycles. The van der Waals surface area contributed by atoms with Crippen LogP contribution < -0.4 is 4.74 Å². The van der Waals surface area contributed by atoms with Crippen LogP contribution in [0.4, 0.5) is 0 Å². The molecular formula is C12H15ClO. The minimum absolute atomic E-state index is 0.601. The predicted octanol–water partition coefficient (Wildman–Crippen LogP) is 3.42. The summed E-state index contributed by atoms with van der Waals surface area (Å²) in [6.45, 7) is 2.03. The summed E-state index contributed by atoms with van der Waals surface area (Å²) >= 11 is 5.68. The van der Waals surface area contributed by atoms with Crippen molar-refractivity contribution in [1.29, 1.82) is 0 Å². The Bertz CT molecular complexity index is 318. The van der Waals surface area contributed by atoms with Crippen LogP contribution in [0.25, 0.3) is 0 Å². The Balaban J connectivity index is 2.67. The van der Waals surface area contributed by atoms with E-state index in [2.05, 4.69) is 12.1 Å². The van der Waals surface area contributed by atoms with Gasteiger partial charge in [-0.2, -0.15) is 0 Å². The van der Waals surface area contributed by atoms with E-state index in [0.29, 0.717) is 5.88 Å². The van der Waals surface area contributed by atoms with Crippen molar-refractivity contribution in [2.24, 2.45) is 0 Å². The second-order valence-electron chi connectivity index (χ2n) is 3.24. The maximum Gasteiger partial charge on any atom is 0.119 e. The number of hydrogen-bond donors (Lipinski definition) is 0. The first-order chi connectivity index (χ1) is 6.76. The lowest BCUT2D eigenvalue weighted by Crippen LogP contribution is -1.87. The van der Waals surface area contributed by atoms with Gasteiger partial charge in [0.05, 0.1) is 7.11 Å². The molecule has 0 radical (unpaired) electrons. The van der Waals surface area contributed by atoms with Gasteiger partial charge in [0.25, 0.3) is 0 Å². The van der Waals surface area contributed by atoms with E-state index in [4.69, 9.17) is 16.3 Å². The van der Waals surface area contributed by atoms with Gasteiger partial charge in [-0.05, 0) is 31.0 Å². The van der Waals surface area contributed by atoms with Crippen LogP contribution in [-0.2, 0) is 6.42 Å². The largest absolute Gasteiger partial charge is 0.497 e. The van der Waals surface area contributed by atoms with Crippen molar-refractivity contribution >= 4 is 11.6 Å². The molecular weight excluding hydrogens is 196 g/mol. The van der Waals surface area contributed by atoms with Crippen LogP contribution in [0.5, 0.6) is 5.75 Å². The molecule has 14 heavy (non-hydrogen) atoms. The summed E-state index contributed by atoms with van der Waals surface area (Å²) in [5.41, 5.74) is 2.45. The van der Waals surface area contributed by atoms with Crippen molar-refractivity contribution in [2.45, 2.75) is 13.3 Å². The first-order valence-electron chi connectivity index (χ1n) is 4.61. The molecule has 0 heterocycles. The predicted molar refractivity (Wildman–Crippen MR) is 61.2 cm³/mol. The molecule has 76 valence electrons. The van der Waals surface area contributed by atoms with E-state index >= 15 is 0 Å². The lowest BCUT2D eigenvalue weighted by atomic mass is 10.1. The zero-order valence-electron chi connectivity index (χ0n) is 8.59. The van der Waals surface area contributed by atoms with E-state index in [9.17, 15) is 0 Å². The van der Waals surface area contributed by atoms with Crippen molar-refractivity contribution in [3.05, 3.63) is 41.5 Å². The Morgan fingerprint density at radius 3 is 2.93 bits per heavy atom. The summed E-state index contributed by atoms with van der Waals surface area (Å²) < 4.78 is 5.14. The number of alkyl halides is 1. The summed E-state index contributed by atoms with van der Waals surface area (Å²) in [4.78, 5) is 0. The molecule has 2 heteroatoms. The van der Waals surface area contributed by atoms with Crippen LogP contribution in [0.3, 0.4) is 0 Å². The highest BCUT2D eigenvalue weighted by Crippen LogP contribution is 2.13. The molecule has 0 unspecified atom stereocenters. The Morgan fingerprint density at radius 1 is 1.50 bits per heavy atom. The van der Waals surface area contributed by atoms with Crippen LogP contribution in [0.15, 0.2) is 35.9 Å². The Kier molecular flexibility index (Phi) is 4.54. The van der Waals surface area contributed by atoms with Gasteiger partial charge in [-0.1, -0.05) is 23.8 Å². The van der Waals surface area contributed by atoms with Crippen LogP contribution in [0.2, 0.25) is 0 Å². The van der Waals surface area contributed by atoms with Crippen molar-refractivity contribution in [1.82, 2.24) is 0 Å². The normalized spacial score (nSPS) is 11.5. The van der Waals surface area contributed by atoms with Crippen molar-refractivity contribution in [2.75, 3.05) is 13.0 Å². The molecule has 0 saturated heterocycles. The molecule has 1 aromatic rings. The zero-order valence-corrected chi connectivity index (χ0v) is 9.34. The van der Waals surface area contributed by atoms with E-state index in [-0.39, 0.29) is 0 Å². The van der Waals surface area contributed by atoms with E-state index < -0.39 is 0 Å². The van der Waals surface area contributed by atoms with E-state index in [1.807, 2.05) is 25.1 Å². The van der Waals surface area contributed by atoms with E-state index in [1.54, 1.807) is 7.11 Å². The third-order valence-electron chi connectivity index (χ3n) is 2.03. The Hall–Kier alpha value is -0.950. The van der Waals surface area contributed by atoms with Gasteiger partial charge < -0.3 is 4.74 Å². The summed E-state index contributed by atoms with van der Waals surface area (Å²) in [7, 11) is 1.68. The van der Waals surface area contributed by atoms with Gasteiger partial charge in [-0.3, -0.25) is 0 Å². The fourth-order valence-electron chi connectivity index (χ4n) is 1.15. The molecule has 0 bridgehead atoms. The number of hydrogen-bond acceptors (Lipinski definition) is 1. The van der Waals surface area contributed by atoms with Crippen molar-refractivity contribution in [3.8, 4) is 5.75 Å². The third kappa shape index (κ3) is 3.43. The molecule has 0 N–H and O–H groups in total. The maximum atomic E-state index is 5.68. The summed E-state index contributed by atoms with van der Waals surface area (Å²) in [6.07, 6.45) is 3.05. The SMILES string of the molecule is COc1cccc(CC=C(C)CCl)c1. The second kappa shape index (κ2) is 5.71. The van der Waals surface area contributed by atoms with Crippen LogP contribution in [0.1, 0.15) is 12.5 Å². The fourth-order valence-corrected chi connectivity index (χ4v) is 1.26. The quantitative estimate of drug-likeness (QED) is 0.547. The number of benzene rings is 1. The van der Waals surface area contributed by atoms with Gasteiger partial charge in [0.15, 0.2) is 0 Å². The average molecular weight is 211 g/mol. The minimum Gasteiger partial charge on any atom is -0.497 e. The first kappa shape index (κ1) is 11.1. The highest BCUT2D eigenvalue weighted by molar-refractivity contribution is 6.19. The molecule has 0 atom stereocenters. The Morgan fingerprint density at radius 2 is 2.29 bits per heavy atom. The highest BCUT2D eigenvalue weighted by Gasteiger charge is 1.94. The van der Waals surface area contributed by atoms with Gasteiger partial charge in [0, 0.05) is 5.88 Å². The number of methoxy groups -OCH3 is 1. The number of allylic oxidation sites excluding steroid dienone is 2. The molecule has 0 spiro atoms. The molecule has 0 aromatic heterocycles. The molecule has 0 aliphatic heterocycles. The van der Waals surface area contributed by atoms with Gasteiger partial charge in [-0.25, -0.2) is 0 Å². The molecule has 0 saturated carbocycles. The topological polar surface area (TPSA) is 9.23 Å². The summed E-state index contributed by atoms with van der Waals surface area (Å²) in [6, 6.07) is 8.07. The van der Waals surface area contributed by atoms with Crippen molar-refractivity contribution in [3.63, 3.8) is 0 Å². The fraction of sp³-hybridized carbons (Fsp3) is 0.333. The molecule has 1 nitrogen and oxygen atoms in total. The molecule has 0 aliphatic carbocycles. The van der Waals surface area contributed by atoms with Crippen LogP contribution in [0, 0.1) is 0 Å². The summed E-state index contributed by atoms with van der Waals surface area (Å²) in [5, 5.41) is 0. The summed E-state index contributed by atoms with van der Waals surface area (Å²) in [5.74, 6) is 1.50. The number of halogens is 1. The monoisotopic (exact) mass is 210 g/mol. The van der Waals surface area contributed by atoms with Crippen LogP contribution >= 0.6 is 11.6 Å². The zero-order chi connectivity index (χ0) is 10.4. The number of ether oxygens (including phenoxy) is 1. The van der Waals surface area contributed by atoms with Crippen LogP contribution in [-0.4, -0.2) is 13.0 Å². The molecule has 0 fully saturated rings. The standard InChI is InChI=1S/C12H15ClO/c1-10(9-13)6-7-11-4-3-5-12(8-11)14-2/h3-6,8H,7,9H2,1-2H3. The van der Waals surface area contributed by atoms with Crippen molar-refractivity contribution < 1.29 is 4.74 Å². The molecule has 0 aliphatic rings. The van der Waals surface area contributed by atoms with Gasteiger partial charge in [0.1, 0.15) is 5.75 Å². The van der Waals surface area contributed by atoms with Gasteiger partial charge >= 0.3 is 0 Å². The smallest absolute Gasteiger partial charge is 0.119 e. The maximum absolute atomic E-state index is 5.68. The lowest BCUT2D eigenvalue weighted by Gasteiger charge is -2.02. The average Bonchev–Trinajstić information content (AvgIpc) is 2.26.